The van der Waals surface area contributed by atoms with Crippen molar-refractivity contribution >= 4 is 11.8 Å². The number of benzene rings is 1. The fraction of sp³-hybridized carbons (Fsp3) is 0.714. The van der Waals surface area contributed by atoms with Crippen LogP contribution in [0.2, 0.25) is 0 Å². The summed E-state index contributed by atoms with van der Waals surface area (Å²) in [5, 5.41) is 9.83. The molecule has 1 aromatic carbocycles. The van der Waals surface area contributed by atoms with Crippen molar-refractivity contribution in [2.24, 2.45) is 17.1 Å². The van der Waals surface area contributed by atoms with E-state index in [1.54, 1.807) is 6.07 Å². The minimum absolute atomic E-state index is 0.0890. The van der Waals surface area contributed by atoms with Gasteiger partial charge in [0.1, 0.15) is 0 Å². The van der Waals surface area contributed by atoms with Gasteiger partial charge in [0, 0.05) is 37.3 Å². The van der Waals surface area contributed by atoms with Crippen LogP contribution >= 0.6 is 0 Å². The molecule has 0 aromatic heterocycles. The highest BCUT2D eigenvalue weighted by molar-refractivity contribution is 5.92. The van der Waals surface area contributed by atoms with E-state index in [1.165, 1.54) is 50.5 Å². The van der Waals surface area contributed by atoms with Crippen molar-refractivity contribution in [3.05, 3.63) is 35.4 Å². The third-order valence-electron chi connectivity index (χ3n) is 8.62. The lowest BCUT2D eigenvalue weighted by Crippen LogP contribution is -2.50. The van der Waals surface area contributed by atoms with Gasteiger partial charge < -0.3 is 15.7 Å². The van der Waals surface area contributed by atoms with Crippen molar-refractivity contribution in [1.82, 2.24) is 9.80 Å². The standard InChI is InChI=1S/C28H43N3O3/c1-28(2,19-32)27(34)30(18-20-7-4-3-5-8-20)13-14-31-24-11-12-25(31)17-23(16-24)21-9-6-10-22(15-21)26(29)33/h6,9-10,15,20,23-25,32H,3-5,7-8,11-14,16-19H2,1-2H3,(H2,29,33). The minimum Gasteiger partial charge on any atom is -0.395 e. The predicted octanol–water partition coefficient (Wildman–Crippen LogP) is 3.92. The summed E-state index contributed by atoms with van der Waals surface area (Å²) >= 11 is 0. The smallest absolute Gasteiger partial charge is 0.248 e. The molecule has 2 unspecified atom stereocenters. The Morgan fingerprint density at radius 3 is 2.38 bits per heavy atom. The largest absolute Gasteiger partial charge is 0.395 e. The molecule has 4 rings (SSSR count). The first-order valence-electron chi connectivity index (χ1n) is 13.3. The van der Waals surface area contributed by atoms with Gasteiger partial charge in [0.2, 0.25) is 11.8 Å². The number of nitrogens with zero attached hydrogens (tertiary/aromatic N) is 2. The molecule has 6 heteroatoms. The van der Waals surface area contributed by atoms with E-state index < -0.39 is 5.41 Å². The summed E-state index contributed by atoms with van der Waals surface area (Å²) in [5.41, 5.74) is 6.60. The van der Waals surface area contributed by atoms with Gasteiger partial charge in [-0.25, -0.2) is 0 Å². The summed E-state index contributed by atoms with van der Waals surface area (Å²) in [4.78, 5) is 29.7. The zero-order chi connectivity index (χ0) is 24.3. The molecule has 1 saturated carbocycles. The van der Waals surface area contributed by atoms with Gasteiger partial charge in [-0.05, 0) is 81.9 Å². The number of hydrogen-bond acceptors (Lipinski definition) is 4. The molecular weight excluding hydrogens is 426 g/mol. The fourth-order valence-corrected chi connectivity index (χ4v) is 6.55. The second-order valence-corrected chi connectivity index (χ2v) is 11.6. The van der Waals surface area contributed by atoms with Crippen LogP contribution in [-0.2, 0) is 4.79 Å². The number of primary amides is 1. The molecule has 2 bridgehead atoms. The first-order chi connectivity index (χ1) is 16.3. The molecule has 3 aliphatic rings. The fourth-order valence-electron chi connectivity index (χ4n) is 6.55. The van der Waals surface area contributed by atoms with Crippen LogP contribution in [0.1, 0.15) is 93.5 Å². The molecule has 6 nitrogen and oxygen atoms in total. The number of amides is 2. The Morgan fingerprint density at radius 2 is 1.76 bits per heavy atom. The summed E-state index contributed by atoms with van der Waals surface area (Å²) in [6.07, 6.45) is 10.9. The van der Waals surface area contributed by atoms with E-state index in [2.05, 4.69) is 15.9 Å². The normalized spacial score (nSPS) is 25.9. The highest BCUT2D eigenvalue weighted by atomic mass is 16.3. The van der Waals surface area contributed by atoms with Gasteiger partial charge in [-0.3, -0.25) is 14.5 Å². The van der Waals surface area contributed by atoms with Crippen molar-refractivity contribution in [3.63, 3.8) is 0 Å². The zero-order valence-corrected chi connectivity index (χ0v) is 21.0. The molecule has 2 saturated heterocycles. The Labute approximate surface area is 204 Å². The van der Waals surface area contributed by atoms with Crippen molar-refractivity contribution in [2.75, 3.05) is 26.2 Å². The highest BCUT2D eigenvalue weighted by Crippen LogP contribution is 2.43. The van der Waals surface area contributed by atoms with Crippen LogP contribution in [0.25, 0.3) is 0 Å². The second kappa shape index (κ2) is 10.8. The maximum atomic E-state index is 13.4. The van der Waals surface area contributed by atoms with Gasteiger partial charge in [-0.15, -0.1) is 0 Å². The quantitative estimate of drug-likeness (QED) is 0.574. The zero-order valence-electron chi connectivity index (χ0n) is 21.0. The van der Waals surface area contributed by atoms with E-state index in [-0.39, 0.29) is 18.4 Å². The summed E-state index contributed by atoms with van der Waals surface area (Å²) in [6.45, 7) is 6.08. The number of carbonyl (C=O) groups excluding carboxylic acids is 2. The number of nitrogens with two attached hydrogens (primary N) is 1. The van der Waals surface area contributed by atoms with E-state index in [9.17, 15) is 14.7 Å². The van der Waals surface area contributed by atoms with Crippen LogP contribution < -0.4 is 5.73 Å². The van der Waals surface area contributed by atoms with Crippen molar-refractivity contribution in [1.29, 1.82) is 0 Å². The van der Waals surface area contributed by atoms with Gasteiger partial charge in [0.25, 0.3) is 0 Å². The summed E-state index contributed by atoms with van der Waals surface area (Å²) in [6, 6.07) is 8.90. The Hall–Kier alpha value is -1.92. The lowest BCUT2D eigenvalue weighted by molar-refractivity contribution is -0.143. The molecular formula is C28H43N3O3. The van der Waals surface area contributed by atoms with Crippen LogP contribution in [0.4, 0.5) is 0 Å². The van der Waals surface area contributed by atoms with Gasteiger partial charge in [-0.1, -0.05) is 31.4 Å². The van der Waals surface area contributed by atoms with Crippen LogP contribution in [0, 0.1) is 11.3 Å². The molecule has 34 heavy (non-hydrogen) atoms. The van der Waals surface area contributed by atoms with Gasteiger partial charge >= 0.3 is 0 Å². The average molecular weight is 470 g/mol. The molecule has 1 aromatic rings. The molecule has 2 heterocycles. The number of piperidine rings is 1. The van der Waals surface area contributed by atoms with Gasteiger partial charge in [0.05, 0.1) is 12.0 Å². The first-order valence-corrected chi connectivity index (χ1v) is 13.3. The monoisotopic (exact) mass is 469 g/mol. The maximum absolute atomic E-state index is 13.4. The van der Waals surface area contributed by atoms with E-state index in [1.807, 2.05) is 26.0 Å². The Kier molecular flexibility index (Phi) is 7.98. The number of rotatable bonds is 9. The van der Waals surface area contributed by atoms with Crippen LogP contribution in [0.5, 0.6) is 0 Å². The summed E-state index contributed by atoms with van der Waals surface area (Å²) < 4.78 is 0. The molecule has 0 spiro atoms. The van der Waals surface area contributed by atoms with Crippen molar-refractivity contribution < 1.29 is 14.7 Å². The van der Waals surface area contributed by atoms with E-state index in [4.69, 9.17) is 5.73 Å². The third kappa shape index (κ3) is 5.65. The van der Waals surface area contributed by atoms with E-state index in [0.29, 0.717) is 29.5 Å². The average Bonchev–Trinajstić information content (AvgIpc) is 3.08. The lowest BCUT2D eigenvalue weighted by atomic mass is 9.84. The second-order valence-electron chi connectivity index (χ2n) is 11.6. The SMILES string of the molecule is CC(C)(CO)C(=O)N(CCN1C2CCC1CC(c1cccc(C(N)=O)c1)C2)CC1CCCCC1. The molecule has 1 aliphatic carbocycles. The molecule has 2 aliphatic heterocycles. The van der Waals surface area contributed by atoms with Crippen LogP contribution in [0.15, 0.2) is 24.3 Å². The van der Waals surface area contributed by atoms with E-state index >= 15 is 0 Å². The summed E-state index contributed by atoms with van der Waals surface area (Å²) in [5.74, 6) is 0.774. The third-order valence-corrected chi connectivity index (χ3v) is 8.62. The number of carbonyl (C=O) groups is 2. The Balaban J connectivity index is 1.40. The van der Waals surface area contributed by atoms with Crippen molar-refractivity contribution in [2.45, 2.75) is 89.6 Å². The van der Waals surface area contributed by atoms with Gasteiger partial charge in [-0.2, -0.15) is 0 Å². The topological polar surface area (TPSA) is 86.9 Å². The number of aliphatic hydroxyl groups is 1. The highest BCUT2D eigenvalue weighted by Gasteiger charge is 2.41. The molecule has 2 atom stereocenters. The maximum Gasteiger partial charge on any atom is 0.248 e. The van der Waals surface area contributed by atoms with Crippen LogP contribution in [-0.4, -0.2) is 65.0 Å². The van der Waals surface area contributed by atoms with E-state index in [0.717, 1.165) is 32.5 Å². The molecule has 3 N–H and O–H groups in total. The number of fused-ring (bicyclic) bond motifs is 2. The summed E-state index contributed by atoms with van der Waals surface area (Å²) in [7, 11) is 0. The van der Waals surface area contributed by atoms with Crippen molar-refractivity contribution in [3.8, 4) is 0 Å². The Bertz CT molecular complexity index is 850. The number of aliphatic hydroxyl groups excluding tert-OH is 1. The molecule has 2 amide bonds. The van der Waals surface area contributed by atoms with Crippen LogP contribution in [0.3, 0.4) is 0 Å². The molecule has 3 fully saturated rings. The first kappa shape index (κ1) is 25.2. The van der Waals surface area contributed by atoms with Gasteiger partial charge in [0.15, 0.2) is 0 Å². The predicted molar refractivity (Wildman–Crippen MR) is 134 cm³/mol. The molecule has 188 valence electrons. The minimum atomic E-state index is -0.730. The number of hydrogen-bond donors (Lipinski definition) is 2. The molecule has 0 radical (unpaired) electrons. The Morgan fingerprint density at radius 1 is 1.09 bits per heavy atom. The lowest BCUT2D eigenvalue weighted by Gasteiger charge is -2.41.